The quantitative estimate of drug-likeness (QED) is 0.710. The number of hydrogen-bond acceptors (Lipinski definition) is 4. The molecule has 3 nitrogen and oxygen atoms in total. The molecule has 0 aliphatic carbocycles. The number of fused-ring (bicyclic) bond motifs is 1. The lowest BCUT2D eigenvalue weighted by Gasteiger charge is -2.11. The zero-order valence-electron chi connectivity index (χ0n) is 11.4. The minimum absolute atomic E-state index is 0.719. The van der Waals surface area contributed by atoms with E-state index in [9.17, 15) is 0 Å². The lowest BCUT2D eigenvalue weighted by molar-refractivity contribution is 1.08. The van der Waals surface area contributed by atoms with Crippen molar-refractivity contribution >= 4 is 33.6 Å². The summed E-state index contributed by atoms with van der Waals surface area (Å²) in [4.78, 5) is 5.75. The zero-order valence-corrected chi connectivity index (χ0v) is 12.2. The van der Waals surface area contributed by atoms with E-state index >= 15 is 0 Å². The van der Waals surface area contributed by atoms with E-state index in [2.05, 4.69) is 34.7 Å². The van der Waals surface area contributed by atoms with Crippen molar-refractivity contribution in [3.05, 3.63) is 52.3 Å². The van der Waals surface area contributed by atoms with E-state index in [1.807, 2.05) is 18.2 Å². The van der Waals surface area contributed by atoms with Crippen LogP contribution in [-0.4, -0.2) is 4.98 Å². The molecule has 0 amide bonds. The molecule has 0 radical (unpaired) electrons. The summed E-state index contributed by atoms with van der Waals surface area (Å²) in [5.74, 6) is 0. The molecule has 3 aromatic rings. The Balaban J connectivity index is 1.90. The fourth-order valence-corrected chi connectivity index (χ4v) is 3.28. The Hall–Kier alpha value is -2.07. The molecular weight excluding hydrogens is 266 g/mol. The lowest BCUT2D eigenvalue weighted by atomic mass is 10.1. The number of pyridine rings is 1. The molecule has 4 heteroatoms. The fraction of sp³-hybridized carbons (Fsp3) is 0.188. The highest BCUT2D eigenvalue weighted by Gasteiger charge is 2.06. The highest BCUT2D eigenvalue weighted by atomic mass is 32.1. The number of nitrogens with one attached hydrogen (secondary N) is 1. The van der Waals surface area contributed by atoms with Crippen molar-refractivity contribution in [1.29, 1.82) is 0 Å². The van der Waals surface area contributed by atoms with Gasteiger partial charge in [-0.15, -0.1) is 11.3 Å². The van der Waals surface area contributed by atoms with Gasteiger partial charge in [0.2, 0.25) is 0 Å². The molecule has 2 heterocycles. The minimum atomic E-state index is 0.719. The van der Waals surface area contributed by atoms with Gasteiger partial charge in [0.1, 0.15) is 0 Å². The normalized spacial score (nSPS) is 10.8. The van der Waals surface area contributed by atoms with Crippen LogP contribution < -0.4 is 11.1 Å². The molecule has 0 aliphatic rings. The van der Waals surface area contributed by atoms with Gasteiger partial charge in [0.15, 0.2) is 0 Å². The van der Waals surface area contributed by atoms with Crippen molar-refractivity contribution in [3.63, 3.8) is 0 Å². The van der Waals surface area contributed by atoms with Gasteiger partial charge in [-0.3, -0.25) is 4.98 Å². The van der Waals surface area contributed by atoms with Gasteiger partial charge < -0.3 is 11.1 Å². The maximum Gasteiger partial charge on any atom is 0.0951 e. The first-order chi connectivity index (χ1) is 9.79. The van der Waals surface area contributed by atoms with E-state index in [0.717, 1.165) is 35.2 Å². The van der Waals surface area contributed by atoms with Crippen LogP contribution >= 0.6 is 11.3 Å². The van der Waals surface area contributed by atoms with Gasteiger partial charge in [0.05, 0.1) is 11.2 Å². The van der Waals surface area contributed by atoms with E-state index < -0.39 is 0 Å². The molecule has 20 heavy (non-hydrogen) atoms. The molecule has 0 saturated carbocycles. The van der Waals surface area contributed by atoms with Crippen molar-refractivity contribution in [3.8, 4) is 0 Å². The topological polar surface area (TPSA) is 50.9 Å². The van der Waals surface area contributed by atoms with Crippen molar-refractivity contribution in [2.24, 2.45) is 0 Å². The number of aryl methyl sites for hydroxylation is 1. The molecule has 0 unspecified atom stereocenters. The summed E-state index contributed by atoms with van der Waals surface area (Å²) in [6.07, 6.45) is 2.85. The van der Waals surface area contributed by atoms with E-state index in [1.54, 1.807) is 17.5 Å². The molecule has 3 rings (SSSR count). The van der Waals surface area contributed by atoms with Crippen LogP contribution in [0.2, 0.25) is 0 Å². The first kappa shape index (κ1) is 12.9. The second kappa shape index (κ2) is 5.51. The molecular formula is C16H17N3S. The van der Waals surface area contributed by atoms with E-state index in [1.165, 1.54) is 10.4 Å². The maximum absolute atomic E-state index is 5.97. The molecule has 0 fully saturated rings. The number of nitrogen functional groups attached to an aromatic ring is 1. The maximum atomic E-state index is 5.97. The predicted molar refractivity (Wildman–Crippen MR) is 87.2 cm³/mol. The van der Waals surface area contributed by atoms with E-state index in [4.69, 9.17) is 5.73 Å². The van der Waals surface area contributed by atoms with Gasteiger partial charge in [0, 0.05) is 28.7 Å². The summed E-state index contributed by atoms with van der Waals surface area (Å²) in [6, 6.07) is 10.1. The highest BCUT2D eigenvalue weighted by Crippen LogP contribution is 2.27. The number of anilines is 2. The van der Waals surface area contributed by atoms with Gasteiger partial charge in [0.25, 0.3) is 0 Å². The Labute approximate surface area is 122 Å². The van der Waals surface area contributed by atoms with E-state index in [-0.39, 0.29) is 0 Å². The average molecular weight is 283 g/mol. The molecule has 102 valence electrons. The van der Waals surface area contributed by atoms with Gasteiger partial charge in [-0.25, -0.2) is 0 Å². The average Bonchev–Trinajstić information content (AvgIpc) is 2.94. The van der Waals surface area contributed by atoms with Crippen molar-refractivity contribution in [2.45, 2.75) is 19.9 Å². The summed E-state index contributed by atoms with van der Waals surface area (Å²) in [7, 11) is 0. The summed E-state index contributed by atoms with van der Waals surface area (Å²) < 4.78 is 0. The van der Waals surface area contributed by atoms with Gasteiger partial charge in [-0.05, 0) is 47.7 Å². The number of nitrogens with two attached hydrogens (primary N) is 1. The third-order valence-electron chi connectivity index (χ3n) is 3.46. The summed E-state index contributed by atoms with van der Waals surface area (Å²) in [6.45, 7) is 3.03. The molecule has 1 aromatic carbocycles. The molecule has 0 bridgehead atoms. The predicted octanol–water partition coefficient (Wildman–Crippen LogP) is 4.05. The van der Waals surface area contributed by atoms with Crippen LogP contribution in [0.1, 0.15) is 17.4 Å². The monoisotopic (exact) mass is 283 g/mol. The number of benzene rings is 1. The third kappa shape index (κ3) is 2.34. The largest absolute Gasteiger partial charge is 0.397 e. The Morgan fingerprint density at radius 1 is 1.25 bits per heavy atom. The standard InChI is InChI=1S/C16H17N3S/c1-2-11-7-9-20-15(11)10-19-14-6-5-13(17)16-12(14)4-3-8-18-16/h3-9,19H,2,10,17H2,1H3. The van der Waals surface area contributed by atoms with Crippen molar-refractivity contribution in [2.75, 3.05) is 11.1 Å². The molecule has 0 aliphatic heterocycles. The fourth-order valence-electron chi connectivity index (χ4n) is 2.36. The number of hydrogen-bond donors (Lipinski definition) is 2. The van der Waals surface area contributed by atoms with Crippen LogP contribution in [0.4, 0.5) is 11.4 Å². The minimum Gasteiger partial charge on any atom is -0.397 e. The van der Waals surface area contributed by atoms with Gasteiger partial charge in [-0.1, -0.05) is 6.92 Å². The number of thiophene rings is 1. The van der Waals surface area contributed by atoms with Crippen LogP contribution in [0.25, 0.3) is 10.9 Å². The zero-order chi connectivity index (χ0) is 13.9. The van der Waals surface area contributed by atoms with Gasteiger partial charge >= 0.3 is 0 Å². The second-order valence-electron chi connectivity index (χ2n) is 4.68. The van der Waals surface area contributed by atoms with E-state index in [0.29, 0.717) is 0 Å². The SMILES string of the molecule is CCc1ccsc1CNc1ccc(N)c2ncccc12. The second-order valence-corrected chi connectivity index (χ2v) is 5.68. The molecule has 0 spiro atoms. The Morgan fingerprint density at radius 3 is 3.00 bits per heavy atom. The molecule has 0 atom stereocenters. The first-order valence-corrected chi connectivity index (χ1v) is 7.60. The lowest BCUT2D eigenvalue weighted by Crippen LogP contribution is -2.01. The van der Waals surface area contributed by atoms with Crippen molar-refractivity contribution in [1.82, 2.24) is 4.98 Å². The summed E-state index contributed by atoms with van der Waals surface area (Å²) in [5, 5.41) is 6.73. The van der Waals surface area contributed by atoms with Crippen LogP contribution in [0.3, 0.4) is 0 Å². The molecule has 2 aromatic heterocycles. The Morgan fingerprint density at radius 2 is 2.15 bits per heavy atom. The van der Waals surface area contributed by atoms with Crippen LogP contribution in [0.5, 0.6) is 0 Å². The van der Waals surface area contributed by atoms with Crippen LogP contribution in [0, 0.1) is 0 Å². The van der Waals surface area contributed by atoms with Crippen LogP contribution in [0.15, 0.2) is 41.9 Å². The Bertz CT molecular complexity index is 733. The Kier molecular flexibility index (Phi) is 3.56. The summed E-state index contributed by atoms with van der Waals surface area (Å²) >= 11 is 1.80. The number of rotatable bonds is 4. The first-order valence-electron chi connectivity index (χ1n) is 6.72. The molecule has 0 saturated heterocycles. The number of nitrogens with zero attached hydrogens (tertiary/aromatic N) is 1. The molecule has 3 N–H and O–H groups in total. The smallest absolute Gasteiger partial charge is 0.0951 e. The van der Waals surface area contributed by atoms with Crippen LogP contribution in [-0.2, 0) is 13.0 Å². The van der Waals surface area contributed by atoms with Gasteiger partial charge in [-0.2, -0.15) is 0 Å². The summed E-state index contributed by atoms with van der Waals surface area (Å²) in [5.41, 5.74) is 10.1. The highest BCUT2D eigenvalue weighted by molar-refractivity contribution is 7.10. The van der Waals surface area contributed by atoms with Crippen molar-refractivity contribution < 1.29 is 0 Å². The number of aromatic nitrogens is 1. The third-order valence-corrected chi connectivity index (χ3v) is 4.42.